The third kappa shape index (κ3) is 4.90. The molecule has 0 spiro atoms. The summed E-state index contributed by atoms with van der Waals surface area (Å²) < 4.78 is 79.5. The van der Waals surface area contributed by atoms with Gasteiger partial charge in [-0.15, -0.1) is 0 Å². The number of halogens is 3. The number of nitrogens with zero attached hydrogens (tertiary/aromatic N) is 2. The highest BCUT2D eigenvalue weighted by atomic mass is 32.2. The highest BCUT2D eigenvalue weighted by molar-refractivity contribution is 7.92. The van der Waals surface area contributed by atoms with E-state index >= 15 is 0 Å². The Morgan fingerprint density at radius 2 is 1.97 bits per heavy atom. The second kappa shape index (κ2) is 8.58. The fourth-order valence-corrected chi connectivity index (χ4v) is 4.56. The number of esters is 1. The number of fused-ring (bicyclic) bond motifs is 1. The lowest BCUT2D eigenvalue weighted by atomic mass is 10.1. The van der Waals surface area contributed by atoms with E-state index in [1.165, 1.54) is 29.2 Å². The average molecular weight is 483 g/mol. The van der Waals surface area contributed by atoms with Crippen LogP contribution < -0.4 is 9.62 Å². The highest BCUT2D eigenvalue weighted by Gasteiger charge is 2.35. The summed E-state index contributed by atoms with van der Waals surface area (Å²) in [6, 6.07) is 6.33. The van der Waals surface area contributed by atoms with Crippen molar-refractivity contribution in [3.05, 3.63) is 48.1 Å². The van der Waals surface area contributed by atoms with Crippen LogP contribution in [0.5, 0.6) is 0 Å². The third-order valence-electron chi connectivity index (χ3n) is 5.15. The number of carbonyl (C=O) groups excluding carboxylic acids is 1. The number of carbonyl (C=O) groups is 1. The fraction of sp³-hybridized carbons (Fsp3) is 0.333. The van der Waals surface area contributed by atoms with Crippen LogP contribution >= 0.6 is 0 Å². The van der Waals surface area contributed by atoms with Gasteiger partial charge < -0.3 is 14.1 Å². The summed E-state index contributed by atoms with van der Waals surface area (Å²) in [5.41, 5.74) is -0.0382. The number of sulfonamides is 1. The molecule has 2 aromatic heterocycles. The third-order valence-corrected chi connectivity index (χ3v) is 6.51. The van der Waals surface area contributed by atoms with Crippen LogP contribution in [0.25, 0.3) is 11.0 Å². The highest BCUT2D eigenvalue weighted by Crippen LogP contribution is 2.34. The van der Waals surface area contributed by atoms with Crippen molar-refractivity contribution in [3.8, 4) is 0 Å². The van der Waals surface area contributed by atoms with Gasteiger partial charge in [0.05, 0.1) is 23.4 Å². The van der Waals surface area contributed by atoms with Crippen molar-refractivity contribution in [2.75, 3.05) is 29.3 Å². The summed E-state index contributed by atoms with van der Waals surface area (Å²) in [6.45, 7) is 1.67. The second-order valence-corrected chi connectivity index (χ2v) is 9.19. The lowest BCUT2D eigenvalue weighted by Gasteiger charge is -2.33. The smallest absolute Gasteiger partial charge is 0.374 e. The van der Waals surface area contributed by atoms with Gasteiger partial charge in [-0.2, -0.15) is 0 Å². The summed E-state index contributed by atoms with van der Waals surface area (Å²) in [5, 5.41) is 0.486. The Hall–Kier alpha value is -3.28. The Balaban J connectivity index is 1.63. The molecule has 0 radical (unpaired) electrons. The van der Waals surface area contributed by atoms with Crippen LogP contribution in [0.15, 0.2) is 45.8 Å². The van der Waals surface area contributed by atoms with Gasteiger partial charge in [0.1, 0.15) is 11.4 Å². The summed E-state index contributed by atoms with van der Waals surface area (Å²) >= 11 is 0. The van der Waals surface area contributed by atoms with Gasteiger partial charge in [0.2, 0.25) is 5.76 Å². The first-order chi connectivity index (χ1) is 15.6. The lowest BCUT2D eigenvalue weighted by molar-refractivity contribution is -0.0221. The standard InChI is InChI=1S/C21H20F3N3O5S/c1-2-31-20(28)18-9-13-3-4-15(11-17(13)32-18)33(29,30)26-16-10-14(22)12-25-19(16)27-7-5-21(23,24)6-8-27/h3-4,9-12,26H,2,5-8H2,1H3. The molecule has 176 valence electrons. The van der Waals surface area contributed by atoms with Gasteiger partial charge in [0.25, 0.3) is 15.9 Å². The number of aromatic nitrogens is 1. The molecule has 1 aliphatic rings. The zero-order valence-corrected chi connectivity index (χ0v) is 18.3. The van der Waals surface area contributed by atoms with Crippen LogP contribution in [-0.2, 0) is 14.8 Å². The van der Waals surface area contributed by atoms with E-state index < -0.39 is 40.6 Å². The quantitative estimate of drug-likeness (QED) is 0.525. The maximum absolute atomic E-state index is 13.9. The lowest BCUT2D eigenvalue weighted by Crippen LogP contribution is -2.40. The number of benzene rings is 1. The molecule has 0 unspecified atom stereocenters. The molecule has 1 aliphatic heterocycles. The number of hydrogen-bond donors (Lipinski definition) is 1. The average Bonchev–Trinajstić information content (AvgIpc) is 3.18. The van der Waals surface area contributed by atoms with Crippen molar-refractivity contribution in [3.63, 3.8) is 0 Å². The number of anilines is 2. The van der Waals surface area contributed by atoms with E-state index in [-0.39, 0.29) is 47.4 Å². The molecule has 1 aromatic carbocycles. The number of ether oxygens (including phenoxy) is 1. The molecule has 8 nitrogen and oxygen atoms in total. The van der Waals surface area contributed by atoms with Gasteiger partial charge in [-0.25, -0.2) is 31.4 Å². The number of rotatable bonds is 6. The molecule has 0 bridgehead atoms. The van der Waals surface area contributed by atoms with Gasteiger partial charge in [-0.05, 0) is 25.1 Å². The molecule has 4 rings (SSSR count). The molecule has 0 amide bonds. The normalized spacial score (nSPS) is 16.1. The number of hydrogen-bond acceptors (Lipinski definition) is 7. The number of pyridine rings is 1. The van der Waals surface area contributed by atoms with E-state index in [2.05, 4.69) is 9.71 Å². The molecule has 12 heteroatoms. The Kier molecular flexibility index (Phi) is 5.95. The molecule has 3 heterocycles. The molecule has 1 fully saturated rings. The van der Waals surface area contributed by atoms with Gasteiger partial charge in [-0.1, -0.05) is 0 Å². The van der Waals surface area contributed by atoms with Crippen LogP contribution in [0, 0.1) is 5.82 Å². The van der Waals surface area contributed by atoms with Crippen LogP contribution in [0.1, 0.15) is 30.3 Å². The molecule has 0 atom stereocenters. The first-order valence-electron chi connectivity index (χ1n) is 10.1. The predicted octanol–water partition coefficient (Wildman–Crippen LogP) is 4.18. The molecular weight excluding hydrogens is 463 g/mol. The monoisotopic (exact) mass is 483 g/mol. The summed E-state index contributed by atoms with van der Waals surface area (Å²) in [7, 11) is -4.23. The van der Waals surface area contributed by atoms with Crippen LogP contribution in [0.3, 0.4) is 0 Å². The minimum absolute atomic E-state index is 0.0548. The summed E-state index contributed by atoms with van der Waals surface area (Å²) in [6.07, 6.45) is 0.0537. The molecule has 33 heavy (non-hydrogen) atoms. The maximum Gasteiger partial charge on any atom is 0.374 e. The van der Waals surface area contributed by atoms with E-state index in [1.54, 1.807) is 6.92 Å². The van der Waals surface area contributed by atoms with Crippen molar-refractivity contribution >= 4 is 38.5 Å². The zero-order chi connectivity index (χ0) is 23.8. The van der Waals surface area contributed by atoms with Crippen LogP contribution in [-0.4, -0.2) is 45.0 Å². The molecule has 0 saturated carbocycles. The molecule has 0 aliphatic carbocycles. The molecule has 1 N–H and O–H groups in total. The Morgan fingerprint density at radius 3 is 2.67 bits per heavy atom. The largest absolute Gasteiger partial charge is 0.460 e. The van der Waals surface area contributed by atoms with Crippen molar-refractivity contribution in [1.82, 2.24) is 4.98 Å². The SMILES string of the molecule is CCOC(=O)c1cc2ccc(S(=O)(=O)Nc3cc(F)cnc3N3CCC(F)(F)CC3)cc2o1. The Bertz CT molecular complexity index is 1300. The van der Waals surface area contributed by atoms with Gasteiger partial charge in [0.15, 0.2) is 5.82 Å². The Labute approximate surface area is 187 Å². The van der Waals surface area contributed by atoms with Crippen molar-refractivity contribution < 1.29 is 35.5 Å². The summed E-state index contributed by atoms with van der Waals surface area (Å²) in [4.78, 5) is 17.1. The first kappa shape index (κ1) is 22.9. The minimum atomic E-state index is -4.23. The number of furan rings is 1. The van der Waals surface area contributed by atoms with Crippen molar-refractivity contribution in [1.29, 1.82) is 0 Å². The fourth-order valence-electron chi connectivity index (χ4n) is 3.49. The van der Waals surface area contributed by atoms with Gasteiger partial charge >= 0.3 is 5.97 Å². The van der Waals surface area contributed by atoms with E-state index in [0.29, 0.717) is 5.39 Å². The predicted molar refractivity (Wildman–Crippen MR) is 114 cm³/mol. The molecule has 1 saturated heterocycles. The van der Waals surface area contributed by atoms with Crippen LogP contribution in [0.4, 0.5) is 24.7 Å². The Morgan fingerprint density at radius 1 is 1.24 bits per heavy atom. The maximum atomic E-state index is 13.9. The van der Waals surface area contributed by atoms with E-state index in [9.17, 15) is 26.4 Å². The number of alkyl halides is 2. The topological polar surface area (TPSA) is 102 Å². The van der Waals surface area contributed by atoms with E-state index in [1.807, 2.05) is 0 Å². The van der Waals surface area contributed by atoms with E-state index in [4.69, 9.17) is 9.15 Å². The first-order valence-corrected chi connectivity index (χ1v) is 11.6. The minimum Gasteiger partial charge on any atom is -0.460 e. The van der Waals surface area contributed by atoms with E-state index in [0.717, 1.165) is 12.3 Å². The number of piperidine rings is 1. The van der Waals surface area contributed by atoms with Crippen molar-refractivity contribution in [2.45, 2.75) is 30.6 Å². The van der Waals surface area contributed by atoms with Crippen molar-refractivity contribution in [2.24, 2.45) is 0 Å². The molecular formula is C21H20F3N3O5S. The van der Waals surface area contributed by atoms with Gasteiger partial charge in [0, 0.05) is 43.5 Å². The van der Waals surface area contributed by atoms with Crippen LogP contribution in [0.2, 0.25) is 0 Å². The zero-order valence-electron chi connectivity index (χ0n) is 17.5. The number of nitrogens with one attached hydrogen (secondary N) is 1. The molecule has 3 aromatic rings. The summed E-state index contributed by atoms with van der Waals surface area (Å²) in [5.74, 6) is -4.30. The second-order valence-electron chi connectivity index (χ2n) is 7.50. The van der Waals surface area contributed by atoms with Gasteiger partial charge in [-0.3, -0.25) is 4.72 Å².